The highest BCUT2D eigenvalue weighted by Crippen LogP contribution is 2.40. The second-order valence-electron chi connectivity index (χ2n) is 6.82. The number of carbonyl (C=O) groups excluding carboxylic acids is 2. The number of piperidine rings is 1. The zero-order valence-corrected chi connectivity index (χ0v) is 18.7. The summed E-state index contributed by atoms with van der Waals surface area (Å²) >= 11 is 3.32. The lowest BCUT2D eigenvalue weighted by atomic mass is 9.96. The summed E-state index contributed by atoms with van der Waals surface area (Å²) in [7, 11) is 4.49. The monoisotopic (exact) mass is 477 g/mol. The highest BCUT2D eigenvalue weighted by Gasteiger charge is 2.31. The van der Waals surface area contributed by atoms with Crippen LogP contribution in [0.4, 0.5) is 5.82 Å². The average Bonchev–Trinajstić information content (AvgIpc) is 2.78. The SMILES string of the molecule is COc1ccc(C(=O)N2CCCC(C(=O)Nc3ccc(Br)cn3)C2)c(OC)c1OC. The Kier molecular flexibility index (Phi) is 7.15. The molecule has 3 rings (SSSR count). The number of likely N-dealkylation sites (tertiary alicyclic amines) is 1. The Labute approximate surface area is 183 Å². The van der Waals surface area contributed by atoms with E-state index in [4.69, 9.17) is 14.2 Å². The molecule has 1 aromatic heterocycles. The normalized spacial score (nSPS) is 16.0. The molecule has 0 saturated carbocycles. The van der Waals surface area contributed by atoms with E-state index >= 15 is 0 Å². The first-order chi connectivity index (χ1) is 14.5. The summed E-state index contributed by atoms with van der Waals surface area (Å²) in [6.07, 6.45) is 3.05. The van der Waals surface area contributed by atoms with Crippen molar-refractivity contribution in [3.05, 3.63) is 40.5 Å². The fraction of sp³-hybridized carbons (Fsp3) is 0.381. The number of pyridine rings is 1. The van der Waals surface area contributed by atoms with Gasteiger partial charge in [0.05, 0.1) is 32.8 Å². The summed E-state index contributed by atoms with van der Waals surface area (Å²) in [6.45, 7) is 0.884. The van der Waals surface area contributed by atoms with Crippen LogP contribution < -0.4 is 19.5 Å². The van der Waals surface area contributed by atoms with Gasteiger partial charge in [0.1, 0.15) is 5.82 Å². The first-order valence-electron chi connectivity index (χ1n) is 9.49. The van der Waals surface area contributed by atoms with Gasteiger partial charge in [-0.05, 0) is 53.0 Å². The molecule has 30 heavy (non-hydrogen) atoms. The Morgan fingerprint density at radius 3 is 2.50 bits per heavy atom. The van der Waals surface area contributed by atoms with Crippen molar-refractivity contribution in [1.29, 1.82) is 0 Å². The lowest BCUT2D eigenvalue weighted by Gasteiger charge is -2.32. The van der Waals surface area contributed by atoms with Crippen molar-refractivity contribution in [1.82, 2.24) is 9.88 Å². The van der Waals surface area contributed by atoms with Crippen LogP contribution >= 0.6 is 15.9 Å². The Balaban J connectivity index is 1.75. The molecule has 0 spiro atoms. The number of methoxy groups -OCH3 is 3. The number of carbonyl (C=O) groups is 2. The fourth-order valence-corrected chi connectivity index (χ4v) is 3.73. The maximum atomic E-state index is 13.2. The molecule has 2 amide bonds. The summed E-state index contributed by atoms with van der Waals surface area (Å²) in [4.78, 5) is 31.8. The molecule has 0 aliphatic carbocycles. The molecule has 1 aliphatic rings. The van der Waals surface area contributed by atoms with E-state index in [2.05, 4.69) is 26.2 Å². The van der Waals surface area contributed by atoms with Crippen LogP contribution in [0.15, 0.2) is 34.9 Å². The summed E-state index contributed by atoms with van der Waals surface area (Å²) in [5, 5.41) is 2.82. The quantitative estimate of drug-likeness (QED) is 0.685. The maximum absolute atomic E-state index is 13.2. The van der Waals surface area contributed by atoms with E-state index in [1.807, 2.05) is 6.07 Å². The number of rotatable bonds is 6. The number of hydrogen-bond acceptors (Lipinski definition) is 6. The maximum Gasteiger partial charge on any atom is 0.257 e. The molecule has 0 radical (unpaired) electrons. The van der Waals surface area contributed by atoms with Gasteiger partial charge in [0.2, 0.25) is 11.7 Å². The Morgan fingerprint density at radius 1 is 1.10 bits per heavy atom. The van der Waals surface area contributed by atoms with Crippen molar-refractivity contribution in [3.63, 3.8) is 0 Å². The topological polar surface area (TPSA) is 90.0 Å². The molecule has 8 nitrogen and oxygen atoms in total. The third-order valence-electron chi connectivity index (χ3n) is 4.99. The van der Waals surface area contributed by atoms with Gasteiger partial charge >= 0.3 is 0 Å². The number of nitrogens with one attached hydrogen (secondary N) is 1. The Hall–Kier alpha value is -2.81. The van der Waals surface area contributed by atoms with Gasteiger partial charge in [-0.2, -0.15) is 0 Å². The minimum atomic E-state index is -0.320. The number of hydrogen-bond donors (Lipinski definition) is 1. The number of nitrogens with zero attached hydrogens (tertiary/aromatic N) is 2. The lowest BCUT2D eigenvalue weighted by molar-refractivity contribution is -0.121. The van der Waals surface area contributed by atoms with Crippen molar-refractivity contribution in [2.24, 2.45) is 5.92 Å². The van der Waals surface area contributed by atoms with Crippen LogP contribution in [-0.4, -0.2) is 56.1 Å². The van der Waals surface area contributed by atoms with E-state index in [0.29, 0.717) is 48.1 Å². The van der Waals surface area contributed by atoms with Gasteiger partial charge < -0.3 is 24.4 Å². The van der Waals surface area contributed by atoms with E-state index in [-0.39, 0.29) is 17.7 Å². The van der Waals surface area contributed by atoms with Crippen molar-refractivity contribution >= 4 is 33.6 Å². The van der Waals surface area contributed by atoms with Crippen LogP contribution in [0.25, 0.3) is 0 Å². The number of amides is 2. The highest BCUT2D eigenvalue weighted by atomic mass is 79.9. The Bertz CT molecular complexity index is 920. The van der Waals surface area contributed by atoms with E-state index in [9.17, 15) is 9.59 Å². The van der Waals surface area contributed by atoms with Crippen molar-refractivity contribution in [3.8, 4) is 17.2 Å². The second kappa shape index (κ2) is 9.80. The van der Waals surface area contributed by atoms with E-state index in [1.165, 1.54) is 21.3 Å². The van der Waals surface area contributed by atoms with Crippen LogP contribution in [0.1, 0.15) is 23.2 Å². The molecular formula is C21H24BrN3O5. The van der Waals surface area contributed by atoms with Gasteiger partial charge in [-0.25, -0.2) is 4.98 Å². The standard InChI is InChI=1S/C21H24BrN3O5/c1-28-16-8-7-15(18(29-2)19(16)30-3)21(27)25-10-4-5-13(12-25)20(26)24-17-9-6-14(22)11-23-17/h6-9,11,13H,4-5,10,12H2,1-3H3,(H,23,24,26). The molecule has 9 heteroatoms. The van der Waals surface area contributed by atoms with Gasteiger partial charge in [0.15, 0.2) is 11.5 Å². The second-order valence-corrected chi connectivity index (χ2v) is 7.74. The minimum Gasteiger partial charge on any atom is -0.493 e. The molecule has 1 aliphatic heterocycles. The largest absolute Gasteiger partial charge is 0.493 e. The lowest BCUT2D eigenvalue weighted by Crippen LogP contribution is -2.44. The molecule has 0 bridgehead atoms. The van der Waals surface area contributed by atoms with E-state index in [1.54, 1.807) is 29.3 Å². The van der Waals surface area contributed by atoms with Gasteiger partial charge in [-0.3, -0.25) is 9.59 Å². The third kappa shape index (κ3) is 4.67. The van der Waals surface area contributed by atoms with Crippen LogP contribution in [0.3, 0.4) is 0 Å². The number of ether oxygens (including phenoxy) is 3. The van der Waals surface area contributed by atoms with Crippen LogP contribution in [0.5, 0.6) is 17.2 Å². The molecule has 1 N–H and O–H groups in total. The van der Waals surface area contributed by atoms with Crippen LogP contribution in [0, 0.1) is 5.92 Å². The van der Waals surface area contributed by atoms with Gasteiger partial charge in [0, 0.05) is 23.8 Å². The Morgan fingerprint density at radius 2 is 1.87 bits per heavy atom. The fourth-order valence-electron chi connectivity index (χ4n) is 3.49. The predicted octanol–water partition coefficient (Wildman–Crippen LogP) is 3.36. The molecule has 1 fully saturated rings. The zero-order valence-electron chi connectivity index (χ0n) is 17.1. The van der Waals surface area contributed by atoms with Gasteiger partial charge in [0.25, 0.3) is 5.91 Å². The molecule has 1 unspecified atom stereocenters. The summed E-state index contributed by atoms with van der Waals surface area (Å²) in [6, 6.07) is 6.85. The summed E-state index contributed by atoms with van der Waals surface area (Å²) in [5.41, 5.74) is 0.366. The van der Waals surface area contributed by atoms with Gasteiger partial charge in [-0.1, -0.05) is 0 Å². The van der Waals surface area contributed by atoms with E-state index in [0.717, 1.165) is 10.9 Å². The molecule has 160 valence electrons. The smallest absolute Gasteiger partial charge is 0.257 e. The molecule has 1 saturated heterocycles. The first-order valence-corrected chi connectivity index (χ1v) is 10.3. The van der Waals surface area contributed by atoms with Crippen LogP contribution in [0.2, 0.25) is 0 Å². The minimum absolute atomic E-state index is 0.151. The summed E-state index contributed by atoms with van der Waals surface area (Å²) < 4.78 is 16.9. The highest BCUT2D eigenvalue weighted by molar-refractivity contribution is 9.10. The van der Waals surface area contributed by atoms with Crippen molar-refractivity contribution in [2.45, 2.75) is 12.8 Å². The molecular weight excluding hydrogens is 454 g/mol. The predicted molar refractivity (Wildman–Crippen MR) is 115 cm³/mol. The van der Waals surface area contributed by atoms with Crippen molar-refractivity contribution < 1.29 is 23.8 Å². The van der Waals surface area contributed by atoms with Crippen LogP contribution in [-0.2, 0) is 4.79 Å². The number of aromatic nitrogens is 1. The first kappa shape index (κ1) is 21.9. The zero-order chi connectivity index (χ0) is 21.7. The number of anilines is 1. The average molecular weight is 478 g/mol. The molecule has 2 heterocycles. The van der Waals surface area contributed by atoms with Gasteiger partial charge in [-0.15, -0.1) is 0 Å². The molecule has 1 aromatic carbocycles. The molecule has 2 aromatic rings. The van der Waals surface area contributed by atoms with E-state index < -0.39 is 0 Å². The number of halogens is 1. The third-order valence-corrected chi connectivity index (χ3v) is 5.46. The number of benzene rings is 1. The molecule has 1 atom stereocenters. The van der Waals surface area contributed by atoms with Crippen molar-refractivity contribution in [2.75, 3.05) is 39.7 Å². The summed E-state index contributed by atoms with van der Waals surface area (Å²) in [5.74, 6) is 0.941.